The smallest absolute Gasteiger partial charge is 0.162 e. The van der Waals surface area contributed by atoms with Gasteiger partial charge in [0.05, 0.1) is 0 Å². The first kappa shape index (κ1) is 11.9. The molecule has 0 spiro atoms. The normalized spacial score (nSPS) is 17.5. The summed E-state index contributed by atoms with van der Waals surface area (Å²) in [6.07, 6.45) is 1.99. The Labute approximate surface area is 75.6 Å². The highest BCUT2D eigenvalue weighted by Crippen LogP contribution is 2.25. The molecule has 0 aromatic rings. The van der Waals surface area contributed by atoms with Crippen molar-refractivity contribution in [1.29, 1.82) is 0 Å². The predicted molar refractivity (Wildman–Crippen MR) is 50.7 cm³/mol. The third kappa shape index (κ3) is 4.07. The van der Waals surface area contributed by atoms with Crippen molar-refractivity contribution in [3.05, 3.63) is 0 Å². The predicted octanol–water partition coefficient (Wildman–Crippen LogP) is 2.15. The Morgan fingerprint density at radius 1 is 1.08 bits per heavy atom. The largest absolute Gasteiger partial charge is 0.366 e. The van der Waals surface area contributed by atoms with Crippen LogP contribution in [0.3, 0.4) is 0 Å². The van der Waals surface area contributed by atoms with Gasteiger partial charge >= 0.3 is 0 Å². The fourth-order valence-corrected chi connectivity index (χ4v) is 1.26. The SMILES string of the molecule is CCC(C)C(C)CC(O)(O)CC. The van der Waals surface area contributed by atoms with Crippen molar-refractivity contribution in [3.8, 4) is 0 Å². The minimum atomic E-state index is -1.46. The lowest BCUT2D eigenvalue weighted by atomic mass is 9.87. The molecular weight excluding hydrogens is 152 g/mol. The van der Waals surface area contributed by atoms with Gasteiger partial charge in [-0.25, -0.2) is 0 Å². The Bertz CT molecular complexity index is 121. The monoisotopic (exact) mass is 174 g/mol. The molecule has 2 nitrogen and oxygen atoms in total. The van der Waals surface area contributed by atoms with E-state index in [1.54, 1.807) is 6.92 Å². The van der Waals surface area contributed by atoms with Gasteiger partial charge in [-0.2, -0.15) is 0 Å². The Hall–Kier alpha value is -0.0800. The van der Waals surface area contributed by atoms with Gasteiger partial charge in [-0.15, -0.1) is 0 Å². The van der Waals surface area contributed by atoms with E-state index < -0.39 is 5.79 Å². The quantitative estimate of drug-likeness (QED) is 0.627. The summed E-state index contributed by atoms with van der Waals surface area (Å²) in [4.78, 5) is 0. The molecule has 74 valence electrons. The number of hydrogen-bond acceptors (Lipinski definition) is 2. The van der Waals surface area contributed by atoms with E-state index in [9.17, 15) is 10.2 Å². The lowest BCUT2D eigenvalue weighted by Crippen LogP contribution is -2.31. The zero-order valence-corrected chi connectivity index (χ0v) is 8.67. The van der Waals surface area contributed by atoms with Gasteiger partial charge in [0.1, 0.15) is 0 Å². The van der Waals surface area contributed by atoms with Crippen LogP contribution in [0.5, 0.6) is 0 Å². The molecule has 0 radical (unpaired) electrons. The lowest BCUT2D eigenvalue weighted by Gasteiger charge is -2.27. The van der Waals surface area contributed by atoms with E-state index in [1.165, 1.54) is 0 Å². The molecule has 0 aromatic heterocycles. The van der Waals surface area contributed by atoms with E-state index in [4.69, 9.17) is 0 Å². The molecular formula is C10H22O2. The highest BCUT2D eigenvalue weighted by Gasteiger charge is 2.25. The van der Waals surface area contributed by atoms with Crippen LogP contribution in [0.1, 0.15) is 47.0 Å². The first-order valence-electron chi connectivity index (χ1n) is 4.87. The molecule has 0 bridgehead atoms. The van der Waals surface area contributed by atoms with Crippen LogP contribution >= 0.6 is 0 Å². The van der Waals surface area contributed by atoms with E-state index in [0.717, 1.165) is 6.42 Å². The summed E-state index contributed by atoms with van der Waals surface area (Å²) in [6.45, 7) is 8.15. The van der Waals surface area contributed by atoms with E-state index in [2.05, 4.69) is 20.8 Å². The van der Waals surface area contributed by atoms with Crippen LogP contribution in [-0.2, 0) is 0 Å². The third-order valence-electron chi connectivity index (χ3n) is 2.83. The minimum absolute atomic E-state index is 0.380. The van der Waals surface area contributed by atoms with E-state index in [1.807, 2.05) is 0 Å². The van der Waals surface area contributed by atoms with Crippen molar-refractivity contribution in [1.82, 2.24) is 0 Å². The maximum absolute atomic E-state index is 9.39. The molecule has 0 aliphatic carbocycles. The lowest BCUT2D eigenvalue weighted by molar-refractivity contribution is -0.176. The minimum Gasteiger partial charge on any atom is -0.366 e. The molecule has 0 aromatic carbocycles. The summed E-state index contributed by atoms with van der Waals surface area (Å²) < 4.78 is 0. The van der Waals surface area contributed by atoms with E-state index in [-0.39, 0.29) is 0 Å². The van der Waals surface area contributed by atoms with Crippen molar-refractivity contribution in [3.63, 3.8) is 0 Å². The van der Waals surface area contributed by atoms with Gasteiger partial charge in [-0.1, -0.05) is 34.1 Å². The van der Waals surface area contributed by atoms with Gasteiger partial charge in [0.25, 0.3) is 0 Å². The third-order valence-corrected chi connectivity index (χ3v) is 2.83. The number of rotatable bonds is 5. The fraction of sp³-hybridized carbons (Fsp3) is 1.00. The molecule has 0 saturated heterocycles. The molecule has 0 fully saturated rings. The number of aliphatic hydroxyl groups is 2. The highest BCUT2D eigenvalue weighted by atomic mass is 16.5. The van der Waals surface area contributed by atoms with E-state index in [0.29, 0.717) is 24.7 Å². The standard InChI is InChI=1S/C10H22O2/c1-5-8(3)9(4)7-10(11,12)6-2/h8-9,11-12H,5-7H2,1-4H3. The Balaban J connectivity index is 3.90. The van der Waals surface area contributed by atoms with Crippen LogP contribution in [0.15, 0.2) is 0 Å². The Morgan fingerprint density at radius 2 is 1.58 bits per heavy atom. The summed E-state index contributed by atoms with van der Waals surface area (Å²) in [5.41, 5.74) is 0. The maximum atomic E-state index is 9.39. The summed E-state index contributed by atoms with van der Waals surface area (Å²) in [7, 11) is 0. The zero-order valence-electron chi connectivity index (χ0n) is 8.67. The van der Waals surface area contributed by atoms with Gasteiger partial charge in [0.2, 0.25) is 0 Å². The van der Waals surface area contributed by atoms with Gasteiger partial charge < -0.3 is 10.2 Å². The molecule has 0 heterocycles. The summed E-state index contributed by atoms with van der Waals surface area (Å²) in [6, 6.07) is 0. The van der Waals surface area contributed by atoms with Gasteiger partial charge in [-0.3, -0.25) is 0 Å². The van der Waals surface area contributed by atoms with Crippen LogP contribution in [0.2, 0.25) is 0 Å². The Morgan fingerprint density at radius 3 is 1.92 bits per heavy atom. The first-order valence-corrected chi connectivity index (χ1v) is 4.87. The number of hydrogen-bond donors (Lipinski definition) is 2. The van der Waals surface area contributed by atoms with Crippen LogP contribution in [0, 0.1) is 11.8 Å². The molecule has 0 amide bonds. The summed E-state index contributed by atoms with van der Waals surface area (Å²) in [5.74, 6) is -0.511. The van der Waals surface area contributed by atoms with Crippen molar-refractivity contribution < 1.29 is 10.2 Å². The van der Waals surface area contributed by atoms with Crippen LogP contribution < -0.4 is 0 Å². The molecule has 2 unspecified atom stereocenters. The van der Waals surface area contributed by atoms with Gasteiger partial charge in [0.15, 0.2) is 5.79 Å². The average Bonchev–Trinajstić information content (AvgIpc) is 2.02. The first-order chi connectivity index (χ1) is 5.43. The van der Waals surface area contributed by atoms with Crippen LogP contribution in [0.25, 0.3) is 0 Å². The van der Waals surface area contributed by atoms with E-state index >= 15 is 0 Å². The highest BCUT2D eigenvalue weighted by molar-refractivity contribution is 4.69. The molecule has 0 aliphatic rings. The maximum Gasteiger partial charge on any atom is 0.162 e. The summed E-state index contributed by atoms with van der Waals surface area (Å²) >= 11 is 0. The zero-order chi connectivity index (χ0) is 9.78. The second-order valence-electron chi connectivity index (χ2n) is 3.90. The molecule has 2 N–H and O–H groups in total. The van der Waals surface area contributed by atoms with Crippen LogP contribution in [0.4, 0.5) is 0 Å². The van der Waals surface area contributed by atoms with Crippen molar-refractivity contribution in [2.24, 2.45) is 11.8 Å². The fourth-order valence-electron chi connectivity index (χ4n) is 1.26. The average molecular weight is 174 g/mol. The molecule has 12 heavy (non-hydrogen) atoms. The Kier molecular flexibility index (Phi) is 4.80. The molecule has 0 saturated carbocycles. The molecule has 0 rings (SSSR count). The molecule has 0 aliphatic heterocycles. The molecule has 2 atom stereocenters. The second-order valence-corrected chi connectivity index (χ2v) is 3.90. The summed E-state index contributed by atoms with van der Waals surface area (Å²) in [5, 5.41) is 18.8. The van der Waals surface area contributed by atoms with Gasteiger partial charge in [-0.05, 0) is 18.3 Å². The van der Waals surface area contributed by atoms with Crippen molar-refractivity contribution in [2.45, 2.75) is 52.7 Å². The van der Waals surface area contributed by atoms with Crippen LogP contribution in [-0.4, -0.2) is 16.0 Å². The second kappa shape index (κ2) is 4.83. The molecule has 2 heteroatoms. The van der Waals surface area contributed by atoms with Crippen molar-refractivity contribution >= 4 is 0 Å². The van der Waals surface area contributed by atoms with Crippen molar-refractivity contribution in [2.75, 3.05) is 0 Å². The van der Waals surface area contributed by atoms with Gasteiger partial charge in [0, 0.05) is 6.42 Å². The topological polar surface area (TPSA) is 40.5 Å².